The maximum atomic E-state index is 12.1. The van der Waals surface area contributed by atoms with Crippen LogP contribution in [0.1, 0.15) is 33.3 Å². The van der Waals surface area contributed by atoms with Crippen molar-refractivity contribution in [2.45, 2.75) is 13.3 Å². The summed E-state index contributed by atoms with van der Waals surface area (Å²) in [4.78, 5) is 35.4. The standard InChI is InChI=1S/C20H17NO6/c1-2-27-17(22)11-15-14-8-3-4-9-16(14)21(18(15)20(25)26)13-7-5-6-12(10-13)19(23)24/h3-10H,2,11H2,1H3,(H,23,24)(H,25,26). The average Bonchev–Trinajstić information content (AvgIpc) is 2.96. The summed E-state index contributed by atoms with van der Waals surface area (Å²) in [7, 11) is 0. The van der Waals surface area contributed by atoms with Crippen LogP contribution < -0.4 is 0 Å². The number of para-hydroxylation sites is 1. The monoisotopic (exact) mass is 367 g/mol. The number of carboxylic acids is 2. The minimum atomic E-state index is -1.22. The van der Waals surface area contributed by atoms with Gasteiger partial charge in [-0.05, 0) is 31.2 Å². The van der Waals surface area contributed by atoms with Crippen molar-refractivity contribution < 1.29 is 29.3 Å². The number of carbonyl (C=O) groups is 3. The Balaban J connectivity index is 2.31. The van der Waals surface area contributed by atoms with E-state index in [1.807, 2.05) is 0 Å². The lowest BCUT2D eigenvalue weighted by atomic mass is 10.1. The molecule has 7 nitrogen and oxygen atoms in total. The van der Waals surface area contributed by atoms with Crippen LogP contribution in [0.4, 0.5) is 0 Å². The fraction of sp³-hybridized carbons (Fsp3) is 0.150. The van der Waals surface area contributed by atoms with Crippen molar-refractivity contribution in [3.05, 3.63) is 65.4 Å². The number of fused-ring (bicyclic) bond motifs is 1. The Bertz CT molecular complexity index is 1050. The lowest BCUT2D eigenvalue weighted by Crippen LogP contribution is -2.13. The molecule has 2 aromatic carbocycles. The predicted octanol–water partition coefficient (Wildman–Crippen LogP) is 3.13. The molecule has 0 aliphatic rings. The highest BCUT2D eigenvalue weighted by Gasteiger charge is 2.25. The molecular formula is C20H17NO6. The molecule has 2 N–H and O–H groups in total. The summed E-state index contributed by atoms with van der Waals surface area (Å²) in [6.45, 7) is 1.87. The normalized spacial score (nSPS) is 10.7. The molecule has 0 atom stereocenters. The number of aromatic carboxylic acids is 2. The van der Waals surface area contributed by atoms with Gasteiger partial charge in [0.25, 0.3) is 0 Å². The molecule has 0 amide bonds. The van der Waals surface area contributed by atoms with Crippen molar-refractivity contribution in [3.63, 3.8) is 0 Å². The summed E-state index contributed by atoms with van der Waals surface area (Å²) in [6.07, 6.45) is -0.193. The third kappa shape index (κ3) is 3.39. The van der Waals surface area contributed by atoms with Gasteiger partial charge < -0.3 is 19.5 Å². The van der Waals surface area contributed by atoms with Crippen molar-refractivity contribution in [1.82, 2.24) is 4.57 Å². The SMILES string of the molecule is CCOC(=O)Cc1c(C(=O)O)n(-c2cccc(C(=O)O)c2)c2ccccc12. The van der Waals surface area contributed by atoms with E-state index in [9.17, 15) is 24.6 Å². The van der Waals surface area contributed by atoms with Gasteiger partial charge >= 0.3 is 17.9 Å². The van der Waals surface area contributed by atoms with Crippen LogP contribution in [0.2, 0.25) is 0 Å². The zero-order valence-corrected chi connectivity index (χ0v) is 14.5. The van der Waals surface area contributed by atoms with Crippen LogP contribution in [-0.4, -0.2) is 39.3 Å². The summed E-state index contributed by atoms with van der Waals surface area (Å²) in [5, 5.41) is 19.7. The zero-order chi connectivity index (χ0) is 19.6. The molecule has 3 aromatic rings. The molecule has 0 saturated heterocycles. The largest absolute Gasteiger partial charge is 0.478 e. The minimum absolute atomic E-state index is 0.0357. The van der Waals surface area contributed by atoms with Gasteiger partial charge in [0.1, 0.15) is 5.69 Å². The summed E-state index contributed by atoms with van der Waals surface area (Å²) in [5.74, 6) is -2.86. The van der Waals surface area contributed by atoms with E-state index in [1.54, 1.807) is 43.3 Å². The second-order valence-corrected chi connectivity index (χ2v) is 5.82. The Labute approximate surface area is 154 Å². The van der Waals surface area contributed by atoms with Crippen LogP contribution in [0.5, 0.6) is 0 Å². The number of hydrogen-bond donors (Lipinski definition) is 2. The van der Waals surface area contributed by atoms with E-state index in [2.05, 4.69) is 0 Å². The first-order valence-electron chi connectivity index (χ1n) is 8.29. The zero-order valence-electron chi connectivity index (χ0n) is 14.5. The van der Waals surface area contributed by atoms with Crippen molar-refractivity contribution in [2.75, 3.05) is 6.61 Å². The molecule has 0 saturated carbocycles. The summed E-state index contributed by atoms with van der Waals surface area (Å²) in [5.41, 5.74) is 1.23. The molecule has 0 unspecified atom stereocenters. The molecular weight excluding hydrogens is 350 g/mol. The van der Waals surface area contributed by atoms with Gasteiger partial charge in [-0.1, -0.05) is 24.3 Å². The van der Waals surface area contributed by atoms with Gasteiger partial charge in [0.15, 0.2) is 0 Å². The number of rotatable bonds is 6. The number of hydrogen-bond acceptors (Lipinski definition) is 4. The average molecular weight is 367 g/mol. The fourth-order valence-electron chi connectivity index (χ4n) is 3.11. The molecule has 0 fully saturated rings. The summed E-state index contributed by atoms with van der Waals surface area (Å²) >= 11 is 0. The predicted molar refractivity (Wildman–Crippen MR) is 97.5 cm³/mol. The van der Waals surface area contributed by atoms with Crippen molar-refractivity contribution in [2.24, 2.45) is 0 Å². The number of nitrogens with zero attached hydrogens (tertiary/aromatic N) is 1. The number of esters is 1. The second kappa shape index (κ2) is 7.33. The number of ether oxygens (including phenoxy) is 1. The van der Waals surface area contributed by atoms with E-state index >= 15 is 0 Å². The molecule has 0 spiro atoms. The van der Waals surface area contributed by atoms with Gasteiger partial charge in [0, 0.05) is 16.6 Å². The minimum Gasteiger partial charge on any atom is -0.478 e. The molecule has 0 aliphatic heterocycles. The third-order valence-electron chi connectivity index (χ3n) is 4.16. The van der Waals surface area contributed by atoms with Gasteiger partial charge in [-0.15, -0.1) is 0 Å². The first-order chi connectivity index (χ1) is 12.9. The fourth-order valence-corrected chi connectivity index (χ4v) is 3.11. The Hall–Kier alpha value is -3.61. The quantitative estimate of drug-likeness (QED) is 0.649. The highest BCUT2D eigenvalue weighted by atomic mass is 16.5. The number of aromatic nitrogens is 1. The van der Waals surface area contributed by atoms with Crippen LogP contribution in [0, 0.1) is 0 Å². The first kappa shape index (κ1) is 18.2. The maximum absolute atomic E-state index is 12.1. The second-order valence-electron chi connectivity index (χ2n) is 5.82. The van der Waals surface area contributed by atoms with Crippen molar-refractivity contribution in [3.8, 4) is 5.69 Å². The van der Waals surface area contributed by atoms with E-state index in [4.69, 9.17) is 4.74 Å². The number of carboxylic acid groups (broad SMARTS) is 2. The van der Waals surface area contributed by atoms with Gasteiger partial charge in [-0.2, -0.15) is 0 Å². The van der Waals surface area contributed by atoms with Crippen molar-refractivity contribution in [1.29, 1.82) is 0 Å². The third-order valence-corrected chi connectivity index (χ3v) is 4.16. The molecule has 7 heteroatoms. The van der Waals surface area contributed by atoms with Crippen LogP contribution in [0.3, 0.4) is 0 Å². The van der Waals surface area contributed by atoms with Gasteiger partial charge in [-0.25, -0.2) is 9.59 Å². The number of carbonyl (C=O) groups excluding carboxylic acids is 1. The maximum Gasteiger partial charge on any atom is 0.353 e. The van der Waals surface area contributed by atoms with Gasteiger partial charge in [-0.3, -0.25) is 4.79 Å². The molecule has 1 heterocycles. The van der Waals surface area contributed by atoms with Gasteiger partial charge in [0.05, 0.1) is 24.1 Å². The highest BCUT2D eigenvalue weighted by Crippen LogP contribution is 2.30. The smallest absolute Gasteiger partial charge is 0.353 e. The Morgan fingerprint density at radius 3 is 2.41 bits per heavy atom. The van der Waals surface area contributed by atoms with E-state index < -0.39 is 17.9 Å². The Morgan fingerprint density at radius 2 is 1.74 bits per heavy atom. The highest BCUT2D eigenvalue weighted by molar-refractivity contribution is 6.01. The Morgan fingerprint density at radius 1 is 1.00 bits per heavy atom. The van der Waals surface area contributed by atoms with Crippen LogP contribution >= 0.6 is 0 Å². The van der Waals surface area contributed by atoms with E-state index in [0.717, 1.165) is 0 Å². The molecule has 3 rings (SSSR count). The molecule has 27 heavy (non-hydrogen) atoms. The van der Waals surface area contributed by atoms with Gasteiger partial charge in [0.2, 0.25) is 0 Å². The van der Waals surface area contributed by atoms with Crippen molar-refractivity contribution >= 4 is 28.8 Å². The lowest BCUT2D eigenvalue weighted by Gasteiger charge is -2.10. The Kier molecular flexibility index (Phi) is 4.94. The van der Waals surface area contributed by atoms with Crippen LogP contribution in [0.15, 0.2) is 48.5 Å². The van der Waals surface area contributed by atoms with E-state index in [0.29, 0.717) is 22.2 Å². The molecule has 0 aliphatic carbocycles. The van der Waals surface area contributed by atoms with E-state index in [-0.39, 0.29) is 24.3 Å². The van der Waals surface area contributed by atoms with Crippen LogP contribution in [0.25, 0.3) is 16.6 Å². The molecule has 0 radical (unpaired) electrons. The number of benzene rings is 2. The molecule has 0 bridgehead atoms. The summed E-state index contributed by atoms with van der Waals surface area (Å²) < 4.78 is 6.43. The lowest BCUT2D eigenvalue weighted by molar-refractivity contribution is -0.142. The molecule has 1 aromatic heterocycles. The van der Waals surface area contributed by atoms with E-state index in [1.165, 1.54) is 16.7 Å². The topological polar surface area (TPSA) is 106 Å². The first-order valence-corrected chi connectivity index (χ1v) is 8.29. The summed E-state index contributed by atoms with van der Waals surface area (Å²) in [6, 6.07) is 13.0. The molecule has 138 valence electrons. The van der Waals surface area contributed by atoms with Crippen LogP contribution in [-0.2, 0) is 16.0 Å².